The Labute approximate surface area is 82.8 Å². The van der Waals surface area contributed by atoms with E-state index in [4.69, 9.17) is 4.42 Å². The molecule has 1 unspecified atom stereocenters. The van der Waals surface area contributed by atoms with Crippen LogP contribution < -0.4 is 0 Å². The quantitative estimate of drug-likeness (QED) is 0.569. The molecule has 0 aliphatic rings. The topological polar surface area (TPSA) is 46.3 Å². The summed E-state index contributed by atoms with van der Waals surface area (Å²) in [5, 5.41) is 9.47. The second-order valence-corrected chi connectivity index (χ2v) is 2.71. The van der Waals surface area contributed by atoms with Crippen LogP contribution in [0.5, 0.6) is 0 Å². The number of oxazole rings is 1. The van der Waals surface area contributed by atoms with Gasteiger partial charge < -0.3 is 9.52 Å². The van der Waals surface area contributed by atoms with Crippen LogP contribution in [0.2, 0.25) is 0 Å². The van der Waals surface area contributed by atoms with E-state index in [0.717, 1.165) is 0 Å². The van der Waals surface area contributed by atoms with Gasteiger partial charge in [-0.3, -0.25) is 0 Å². The zero-order valence-corrected chi connectivity index (χ0v) is 7.95. The Morgan fingerprint density at radius 1 is 1.79 bits per heavy atom. The number of aryl methyl sites for hydroxylation is 1. The summed E-state index contributed by atoms with van der Waals surface area (Å²) in [5.74, 6) is 6.01. The van der Waals surface area contributed by atoms with Crippen molar-refractivity contribution in [3.63, 3.8) is 0 Å². The van der Waals surface area contributed by atoms with Gasteiger partial charge in [-0.15, -0.1) is 0 Å². The maximum Gasteiger partial charge on any atom is 0.236 e. The van der Waals surface area contributed by atoms with Gasteiger partial charge in [-0.2, -0.15) is 0 Å². The number of hydrogen-bond acceptors (Lipinski definition) is 3. The normalized spacial score (nSPS) is 11.3. The van der Waals surface area contributed by atoms with Crippen LogP contribution in [0, 0.1) is 18.8 Å². The summed E-state index contributed by atoms with van der Waals surface area (Å²) in [6.07, 6.45) is 2.03. The van der Waals surface area contributed by atoms with Crippen LogP contribution in [0.3, 0.4) is 0 Å². The fourth-order valence-corrected chi connectivity index (χ4v) is 0.772. The number of aliphatic hydroxyl groups is 1. The highest BCUT2D eigenvalue weighted by molar-refractivity contribution is 5.35. The Morgan fingerprint density at radius 3 is 3.00 bits per heavy atom. The first-order valence-electron chi connectivity index (χ1n) is 4.06. The van der Waals surface area contributed by atoms with Crippen LogP contribution in [0.15, 0.2) is 35.4 Å². The van der Waals surface area contributed by atoms with Gasteiger partial charge in [-0.1, -0.05) is 31.1 Å². The highest BCUT2D eigenvalue weighted by atomic mass is 16.4. The van der Waals surface area contributed by atoms with Gasteiger partial charge >= 0.3 is 0 Å². The highest BCUT2D eigenvalue weighted by Gasteiger charge is 2.09. The van der Waals surface area contributed by atoms with Gasteiger partial charge in [0.05, 0.1) is 6.20 Å². The predicted molar refractivity (Wildman–Crippen MR) is 53.3 cm³/mol. The minimum absolute atomic E-state index is 0.201. The van der Waals surface area contributed by atoms with Crippen molar-refractivity contribution < 1.29 is 9.52 Å². The largest absolute Gasteiger partial charge is 0.442 e. The molecule has 0 aliphatic heterocycles. The average molecular weight is 189 g/mol. The van der Waals surface area contributed by atoms with Crippen molar-refractivity contribution in [2.45, 2.75) is 13.0 Å². The van der Waals surface area contributed by atoms with Crippen molar-refractivity contribution in [1.29, 1.82) is 0 Å². The number of aliphatic hydroxyl groups excluding tert-OH is 1. The van der Waals surface area contributed by atoms with E-state index in [1.807, 2.05) is 0 Å². The first-order valence-corrected chi connectivity index (χ1v) is 4.06. The van der Waals surface area contributed by atoms with Crippen molar-refractivity contribution in [3.8, 4) is 11.8 Å². The lowest BCUT2D eigenvalue weighted by molar-refractivity contribution is 0.197. The summed E-state index contributed by atoms with van der Waals surface area (Å²) < 4.78 is 5.09. The minimum Gasteiger partial charge on any atom is -0.442 e. The first-order chi connectivity index (χ1) is 6.63. The molecule has 3 heteroatoms. The van der Waals surface area contributed by atoms with Crippen LogP contribution in [0.1, 0.15) is 17.8 Å². The summed E-state index contributed by atoms with van der Waals surface area (Å²) in [6, 6.07) is 0. The van der Waals surface area contributed by atoms with Crippen LogP contribution in [-0.4, -0.2) is 10.1 Å². The molecule has 72 valence electrons. The molecule has 0 saturated carbocycles. The summed E-state index contributed by atoms with van der Waals surface area (Å²) in [4.78, 5) is 3.84. The highest BCUT2D eigenvalue weighted by Crippen LogP contribution is 2.11. The molecule has 0 fully saturated rings. The van der Waals surface area contributed by atoms with Crippen molar-refractivity contribution in [2.75, 3.05) is 0 Å². The van der Waals surface area contributed by atoms with E-state index >= 15 is 0 Å². The molecule has 0 saturated heterocycles. The maximum absolute atomic E-state index is 9.47. The Kier molecular flexibility index (Phi) is 3.27. The van der Waals surface area contributed by atoms with Gasteiger partial charge in [0.25, 0.3) is 0 Å². The smallest absolute Gasteiger partial charge is 0.236 e. The van der Waals surface area contributed by atoms with Crippen molar-refractivity contribution in [2.24, 2.45) is 0 Å². The third kappa shape index (κ3) is 2.61. The molecule has 0 aliphatic carbocycles. The van der Waals surface area contributed by atoms with Gasteiger partial charge in [0.1, 0.15) is 5.76 Å². The standard InChI is InChI=1S/C11H11NO2/c1-4-8(2)5-6-10(13)11-12-7-9(3)14-11/h4,7,10,13H,1-2H2,3H3. The molecule has 1 aromatic heterocycles. The Bertz CT molecular complexity index is 406. The molecule has 14 heavy (non-hydrogen) atoms. The summed E-state index contributed by atoms with van der Waals surface area (Å²) in [6.45, 7) is 8.83. The molecule has 1 aromatic rings. The van der Waals surface area contributed by atoms with E-state index in [1.54, 1.807) is 6.92 Å². The molecule has 0 amide bonds. The zero-order chi connectivity index (χ0) is 10.6. The van der Waals surface area contributed by atoms with E-state index in [-0.39, 0.29) is 5.89 Å². The van der Waals surface area contributed by atoms with Crippen LogP contribution >= 0.6 is 0 Å². The molecule has 1 heterocycles. The lowest BCUT2D eigenvalue weighted by Gasteiger charge is -1.95. The molecule has 0 aromatic carbocycles. The van der Waals surface area contributed by atoms with Crippen molar-refractivity contribution >= 4 is 0 Å². The van der Waals surface area contributed by atoms with Crippen LogP contribution in [0.4, 0.5) is 0 Å². The maximum atomic E-state index is 9.47. The number of rotatable bonds is 2. The van der Waals surface area contributed by atoms with Gasteiger partial charge in [0.2, 0.25) is 5.89 Å². The molecule has 3 nitrogen and oxygen atoms in total. The Hall–Kier alpha value is -1.79. The van der Waals surface area contributed by atoms with E-state index in [2.05, 4.69) is 30.0 Å². The lowest BCUT2D eigenvalue weighted by atomic mass is 10.3. The van der Waals surface area contributed by atoms with E-state index in [1.165, 1.54) is 12.3 Å². The fraction of sp³-hybridized carbons (Fsp3) is 0.182. The van der Waals surface area contributed by atoms with E-state index < -0.39 is 6.10 Å². The van der Waals surface area contributed by atoms with E-state index in [9.17, 15) is 5.11 Å². The molecule has 0 radical (unpaired) electrons. The van der Waals surface area contributed by atoms with Gasteiger partial charge in [-0.25, -0.2) is 4.98 Å². The molecule has 1 atom stereocenters. The Balaban J connectivity index is 2.75. The van der Waals surface area contributed by atoms with Crippen molar-refractivity contribution in [3.05, 3.63) is 42.7 Å². The summed E-state index contributed by atoms with van der Waals surface area (Å²) in [7, 11) is 0. The molecule has 0 spiro atoms. The second kappa shape index (κ2) is 4.45. The average Bonchev–Trinajstić information content (AvgIpc) is 2.60. The number of nitrogens with zero attached hydrogens (tertiary/aromatic N) is 1. The first kappa shape index (κ1) is 10.3. The fourth-order valence-electron chi connectivity index (χ4n) is 0.772. The van der Waals surface area contributed by atoms with Gasteiger partial charge in [0.15, 0.2) is 6.10 Å². The van der Waals surface area contributed by atoms with Crippen LogP contribution in [-0.2, 0) is 0 Å². The number of hydrogen-bond donors (Lipinski definition) is 1. The van der Waals surface area contributed by atoms with E-state index in [0.29, 0.717) is 11.3 Å². The third-order valence-corrected chi connectivity index (χ3v) is 1.49. The molecule has 0 bridgehead atoms. The molecular weight excluding hydrogens is 178 g/mol. The van der Waals surface area contributed by atoms with Gasteiger partial charge in [-0.05, 0) is 6.92 Å². The number of allylic oxidation sites excluding steroid dienone is 2. The molecule has 1 rings (SSSR count). The third-order valence-electron chi connectivity index (χ3n) is 1.49. The predicted octanol–water partition coefficient (Wildman–Crippen LogP) is 1.76. The zero-order valence-electron chi connectivity index (χ0n) is 7.95. The van der Waals surface area contributed by atoms with Crippen LogP contribution in [0.25, 0.3) is 0 Å². The van der Waals surface area contributed by atoms with Gasteiger partial charge in [0, 0.05) is 5.57 Å². The molecule has 1 N–H and O–H groups in total. The second-order valence-electron chi connectivity index (χ2n) is 2.71. The summed E-state index contributed by atoms with van der Waals surface area (Å²) in [5.41, 5.74) is 0.548. The SMILES string of the molecule is C=CC(=C)C#CC(O)c1ncc(C)o1. The molecular formula is C11H11NO2. The summed E-state index contributed by atoms with van der Waals surface area (Å²) >= 11 is 0. The minimum atomic E-state index is -1.01. The Morgan fingerprint density at radius 2 is 2.50 bits per heavy atom. The van der Waals surface area contributed by atoms with Crippen molar-refractivity contribution in [1.82, 2.24) is 4.98 Å². The monoisotopic (exact) mass is 189 g/mol. The lowest BCUT2D eigenvalue weighted by Crippen LogP contribution is -1.93. The number of aromatic nitrogens is 1.